The standard InChI is InChI=1S/C19H17NO5/c1-22-15-10-14(11-16(12-15)23-2)19(21)25-17-7-6-13(5-4-8-20)9-18(17)24-3/h4-7,9-12H,1-3H3/b5-4-. The minimum absolute atomic E-state index is 0.267. The van der Waals surface area contributed by atoms with Gasteiger partial charge in [-0.1, -0.05) is 6.07 Å². The third-order valence-corrected chi connectivity index (χ3v) is 3.33. The fourth-order valence-corrected chi connectivity index (χ4v) is 2.09. The number of esters is 1. The second-order valence-electron chi connectivity index (χ2n) is 4.86. The Kier molecular flexibility index (Phi) is 6.02. The van der Waals surface area contributed by atoms with Crippen LogP contribution in [0, 0.1) is 11.3 Å². The van der Waals surface area contributed by atoms with Gasteiger partial charge in [-0.15, -0.1) is 0 Å². The van der Waals surface area contributed by atoms with Gasteiger partial charge in [0.25, 0.3) is 0 Å². The fourth-order valence-electron chi connectivity index (χ4n) is 2.09. The molecule has 2 aromatic carbocycles. The summed E-state index contributed by atoms with van der Waals surface area (Å²) in [5.74, 6) is 1.04. The van der Waals surface area contributed by atoms with Crippen molar-refractivity contribution in [3.05, 3.63) is 53.6 Å². The summed E-state index contributed by atoms with van der Waals surface area (Å²) in [5, 5.41) is 8.58. The van der Waals surface area contributed by atoms with Crippen LogP contribution in [0.4, 0.5) is 0 Å². The summed E-state index contributed by atoms with van der Waals surface area (Å²) in [7, 11) is 4.47. The molecule has 0 saturated heterocycles. The minimum Gasteiger partial charge on any atom is -0.497 e. The van der Waals surface area contributed by atoms with Crippen molar-refractivity contribution in [2.45, 2.75) is 0 Å². The average molecular weight is 339 g/mol. The number of ether oxygens (including phenoxy) is 4. The minimum atomic E-state index is -0.573. The zero-order valence-corrected chi connectivity index (χ0v) is 14.1. The maximum Gasteiger partial charge on any atom is 0.343 e. The smallest absolute Gasteiger partial charge is 0.343 e. The zero-order chi connectivity index (χ0) is 18.2. The number of hydrogen-bond donors (Lipinski definition) is 0. The zero-order valence-electron chi connectivity index (χ0n) is 14.1. The summed E-state index contributed by atoms with van der Waals surface area (Å²) in [6, 6.07) is 11.7. The van der Waals surface area contributed by atoms with Crippen molar-refractivity contribution in [3.8, 4) is 29.1 Å². The third-order valence-electron chi connectivity index (χ3n) is 3.33. The van der Waals surface area contributed by atoms with Crippen LogP contribution < -0.4 is 18.9 Å². The van der Waals surface area contributed by atoms with Crippen LogP contribution in [0.2, 0.25) is 0 Å². The molecule has 0 amide bonds. The summed E-state index contributed by atoms with van der Waals surface area (Å²) in [6.45, 7) is 0. The molecular formula is C19H17NO5. The second-order valence-corrected chi connectivity index (χ2v) is 4.86. The van der Waals surface area contributed by atoms with Crippen LogP contribution in [0.3, 0.4) is 0 Å². The lowest BCUT2D eigenvalue weighted by molar-refractivity contribution is 0.0729. The van der Waals surface area contributed by atoms with Crippen LogP contribution in [-0.2, 0) is 0 Å². The molecule has 0 fully saturated rings. The molecule has 0 heterocycles. The van der Waals surface area contributed by atoms with E-state index >= 15 is 0 Å². The molecule has 2 aromatic rings. The van der Waals surface area contributed by atoms with E-state index < -0.39 is 5.97 Å². The lowest BCUT2D eigenvalue weighted by atomic mass is 10.2. The van der Waals surface area contributed by atoms with Crippen LogP contribution in [0.1, 0.15) is 15.9 Å². The first-order valence-electron chi connectivity index (χ1n) is 7.30. The first-order chi connectivity index (χ1) is 12.1. The number of carbonyl (C=O) groups is 1. The number of benzene rings is 2. The number of rotatable bonds is 6. The van der Waals surface area contributed by atoms with E-state index in [0.717, 1.165) is 5.56 Å². The maximum atomic E-state index is 12.4. The molecule has 0 aliphatic carbocycles. The number of allylic oxidation sites excluding steroid dienone is 1. The van der Waals surface area contributed by atoms with Gasteiger partial charge in [0, 0.05) is 12.1 Å². The largest absolute Gasteiger partial charge is 0.497 e. The van der Waals surface area contributed by atoms with Gasteiger partial charge in [0.1, 0.15) is 11.5 Å². The third kappa shape index (κ3) is 4.52. The molecule has 0 spiro atoms. The van der Waals surface area contributed by atoms with Crippen LogP contribution in [-0.4, -0.2) is 27.3 Å². The molecule has 0 atom stereocenters. The van der Waals surface area contributed by atoms with Crippen molar-refractivity contribution in [1.29, 1.82) is 5.26 Å². The molecule has 0 N–H and O–H groups in total. The molecule has 25 heavy (non-hydrogen) atoms. The molecular weight excluding hydrogens is 322 g/mol. The molecule has 6 heteroatoms. The Morgan fingerprint density at radius 2 is 1.64 bits per heavy atom. The van der Waals surface area contributed by atoms with E-state index in [0.29, 0.717) is 17.2 Å². The van der Waals surface area contributed by atoms with Crippen LogP contribution in [0.25, 0.3) is 6.08 Å². The summed E-state index contributed by atoms with van der Waals surface area (Å²) in [5.41, 5.74) is 1.04. The van der Waals surface area contributed by atoms with Gasteiger partial charge in [0.15, 0.2) is 11.5 Å². The topological polar surface area (TPSA) is 77.8 Å². The highest BCUT2D eigenvalue weighted by Gasteiger charge is 2.15. The van der Waals surface area contributed by atoms with E-state index in [9.17, 15) is 4.79 Å². The van der Waals surface area contributed by atoms with Crippen molar-refractivity contribution < 1.29 is 23.7 Å². The summed E-state index contributed by atoms with van der Waals surface area (Å²) in [6.07, 6.45) is 2.98. The number of hydrogen-bond acceptors (Lipinski definition) is 6. The van der Waals surface area contributed by atoms with Crippen LogP contribution >= 0.6 is 0 Å². The first kappa shape index (κ1) is 17.9. The summed E-state index contributed by atoms with van der Waals surface area (Å²) >= 11 is 0. The van der Waals surface area contributed by atoms with Gasteiger partial charge < -0.3 is 18.9 Å². The molecule has 0 aliphatic rings. The van der Waals surface area contributed by atoms with Crippen molar-refractivity contribution in [1.82, 2.24) is 0 Å². The Labute approximate surface area is 145 Å². The van der Waals surface area contributed by atoms with Gasteiger partial charge in [0.05, 0.1) is 33.0 Å². The van der Waals surface area contributed by atoms with Crippen LogP contribution in [0.5, 0.6) is 23.0 Å². The highest BCUT2D eigenvalue weighted by molar-refractivity contribution is 5.92. The Morgan fingerprint density at radius 3 is 2.20 bits per heavy atom. The van der Waals surface area contributed by atoms with E-state index in [1.54, 1.807) is 42.5 Å². The number of methoxy groups -OCH3 is 3. The number of nitriles is 1. The average Bonchev–Trinajstić information content (AvgIpc) is 2.66. The molecule has 128 valence electrons. The quantitative estimate of drug-likeness (QED) is 0.455. The Balaban J connectivity index is 2.28. The van der Waals surface area contributed by atoms with E-state index in [1.807, 2.05) is 6.07 Å². The van der Waals surface area contributed by atoms with E-state index in [-0.39, 0.29) is 11.3 Å². The monoisotopic (exact) mass is 339 g/mol. The summed E-state index contributed by atoms with van der Waals surface area (Å²) in [4.78, 5) is 12.4. The molecule has 0 aromatic heterocycles. The van der Waals surface area contributed by atoms with Crippen LogP contribution in [0.15, 0.2) is 42.5 Å². The van der Waals surface area contributed by atoms with Gasteiger partial charge in [0.2, 0.25) is 0 Å². The molecule has 6 nitrogen and oxygen atoms in total. The molecule has 0 aliphatic heterocycles. The van der Waals surface area contributed by atoms with E-state index in [4.69, 9.17) is 24.2 Å². The predicted octanol–water partition coefficient (Wildman–Crippen LogP) is 3.47. The fraction of sp³-hybridized carbons (Fsp3) is 0.158. The number of carbonyl (C=O) groups excluding carboxylic acids is 1. The second kappa shape index (κ2) is 8.41. The van der Waals surface area contributed by atoms with Gasteiger partial charge >= 0.3 is 5.97 Å². The number of nitrogens with zero attached hydrogens (tertiary/aromatic N) is 1. The van der Waals surface area contributed by atoms with Crippen molar-refractivity contribution >= 4 is 12.0 Å². The molecule has 0 unspecified atom stereocenters. The SMILES string of the molecule is COc1cc(OC)cc(C(=O)Oc2ccc(/C=C\C#N)cc2OC)c1. The van der Waals surface area contributed by atoms with E-state index in [2.05, 4.69) is 0 Å². The van der Waals surface area contributed by atoms with E-state index in [1.165, 1.54) is 27.4 Å². The van der Waals surface area contributed by atoms with Gasteiger partial charge in [-0.05, 0) is 35.9 Å². The Bertz CT molecular complexity index is 814. The Morgan fingerprint density at radius 1 is 0.960 bits per heavy atom. The molecule has 0 radical (unpaired) electrons. The molecule has 2 rings (SSSR count). The maximum absolute atomic E-state index is 12.4. The molecule has 0 saturated carbocycles. The molecule has 0 bridgehead atoms. The van der Waals surface area contributed by atoms with Crippen molar-refractivity contribution in [2.24, 2.45) is 0 Å². The lowest BCUT2D eigenvalue weighted by Gasteiger charge is -2.11. The highest BCUT2D eigenvalue weighted by Crippen LogP contribution is 2.30. The summed E-state index contributed by atoms with van der Waals surface area (Å²) < 4.78 is 21.0. The lowest BCUT2D eigenvalue weighted by Crippen LogP contribution is -2.10. The first-order valence-corrected chi connectivity index (χ1v) is 7.30. The van der Waals surface area contributed by atoms with Crippen molar-refractivity contribution in [2.75, 3.05) is 21.3 Å². The van der Waals surface area contributed by atoms with Gasteiger partial charge in [-0.3, -0.25) is 0 Å². The highest BCUT2D eigenvalue weighted by atomic mass is 16.6. The van der Waals surface area contributed by atoms with Gasteiger partial charge in [-0.2, -0.15) is 5.26 Å². The Hall–Kier alpha value is -3.46. The predicted molar refractivity (Wildman–Crippen MR) is 92.1 cm³/mol. The van der Waals surface area contributed by atoms with Gasteiger partial charge in [-0.25, -0.2) is 4.79 Å². The normalized spacial score (nSPS) is 10.2. The van der Waals surface area contributed by atoms with Crippen molar-refractivity contribution in [3.63, 3.8) is 0 Å².